The highest BCUT2D eigenvalue weighted by Crippen LogP contribution is 2.22. The number of nitrogens with one attached hydrogen (secondary N) is 1. The molecule has 0 aliphatic carbocycles. The lowest BCUT2D eigenvalue weighted by atomic mass is 10.3. The molecule has 0 saturated heterocycles. The molecule has 0 amide bonds. The summed E-state index contributed by atoms with van der Waals surface area (Å²) in [5.41, 5.74) is 0.374. The Morgan fingerprint density at radius 2 is 1.89 bits per heavy atom. The first kappa shape index (κ1) is 13.8. The van der Waals surface area contributed by atoms with Gasteiger partial charge in [-0.2, -0.15) is 0 Å². The smallest absolute Gasteiger partial charge is 0.264 e. The lowest BCUT2D eigenvalue weighted by Gasteiger charge is -2.09. The number of aromatic nitrogens is 1. The lowest BCUT2D eigenvalue weighted by molar-refractivity contribution is 0.277. The van der Waals surface area contributed by atoms with Crippen LogP contribution in [0.4, 0.5) is 5.82 Å². The molecular weight excluding hydrogens is 288 g/mol. The third-order valence-electron chi connectivity index (χ3n) is 2.33. The van der Waals surface area contributed by atoms with Crippen molar-refractivity contribution in [1.82, 2.24) is 4.98 Å². The van der Waals surface area contributed by atoms with Gasteiger partial charge in [-0.15, -0.1) is 0 Å². The number of anilines is 1. The molecule has 1 heterocycles. The van der Waals surface area contributed by atoms with Crippen LogP contribution in [0.3, 0.4) is 0 Å². The van der Waals surface area contributed by atoms with E-state index in [0.29, 0.717) is 5.69 Å². The third kappa shape index (κ3) is 3.23. The molecule has 19 heavy (non-hydrogen) atoms. The standard InChI is InChI=1S/C12H11ClN2O3S/c13-10-5-1-2-6-11(10)19(17,18)15-12-7-3-4-9(8-16)14-12/h1-7,16H,8H2,(H,14,15). The molecule has 100 valence electrons. The normalized spacial score (nSPS) is 11.3. The van der Waals surface area contributed by atoms with Gasteiger partial charge in [0.1, 0.15) is 10.7 Å². The molecule has 5 nitrogen and oxygen atoms in total. The molecule has 2 N–H and O–H groups in total. The minimum absolute atomic E-state index is 0.0205. The number of sulfonamides is 1. The average Bonchev–Trinajstić information content (AvgIpc) is 2.38. The number of rotatable bonds is 4. The molecule has 0 fully saturated rings. The molecule has 0 aliphatic rings. The topological polar surface area (TPSA) is 79.3 Å². The Morgan fingerprint density at radius 1 is 1.16 bits per heavy atom. The first-order valence-corrected chi connectivity index (χ1v) is 7.23. The molecular formula is C12H11ClN2O3S. The summed E-state index contributed by atoms with van der Waals surface area (Å²) < 4.78 is 26.6. The predicted octanol–water partition coefficient (Wildman–Crippen LogP) is 2.03. The average molecular weight is 299 g/mol. The maximum atomic E-state index is 12.1. The minimum Gasteiger partial charge on any atom is -0.390 e. The highest BCUT2D eigenvalue weighted by molar-refractivity contribution is 7.92. The van der Waals surface area contributed by atoms with E-state index in [1.165, 1.54) is 18.2 Å². The fraction of sp³-hybridized carbons (Fsp3) is 0.0833. The van der Waals surface area contributed by atoms with Crippen molar-refractivity contribution in [2.75, 3.05) is 4.72 Å². The number of hydrogen-bond donors (Lipinski definition) is 2. The van der Waals surface area contributed by atoms with Crippen LogP contribution in [0.5, 0.6) is 0 Å². The Hall–Kier alpha value is -1.63. The molecule has 0 unspecified atom stereocenters. The first-order valence-electron chi connectivity index (χ1n) is 5.37. The highest BCUT2D eigenvalue weighted by Gasteiger charge is 2.17. The summed E-state index contributed by atoms with van der Waals surface area (Å²) in [7, 11) is -3.80. The second-order valence-corrected chi connectivity index (χ2v) is 5.77. The van der Waals surface area contributed by atoms with E-state index >= 15 is 0 Å². The van der Waals surface area contributed by atoms with Gasteiger partial charge in [-0.25, -0.2) is 13.4 Å². The number of halogens is 1. The van der Waals surface area contributed by atoms with Crippen LogP contribution in [-0.2, 0) is 16.6 Å². The van der Waals surface area contributed by atoms with E-state index < -0.39 is 10.0 Å². The molecule has 0 aliphatic heterocycles. The number of aliphatic hydroxyl groups excluding tert-OH is 1. The summed E-state index contributed by atoms with van der Waals surface area (Å²) >= 11 is 5.85. The fourth-order valence-electron chi connectivity index (χ4n) is 1.48. The zero-order valence-corrected chi connectivity index (χ0v) is 11.3. The maximum absolute atomic E-state index is 12.1. The van der Waals surface area contributed by atoms with Crippen LogP contribution in [0.1, 0.15) is 5.69 Å². The van der Waals surface area contributed by atoms with Gasteiger partial charge in [0.15, 0.2) is 0 Å². The van der Waals surface area contributed by atoms with Crippen LogP contribution in [0, 0.1) is 0 Å². The van der Waals surface area contributed by atoms with E-state index in [9.17, 15) is 8.42 Å². The van der Waals surface area contributed by atoms with Crippen LogP contribution < -0.4 is 4.72 Å². The number of hydrogen-bond acceptors (Lipinski definition) is 4. The molecule has 0 spiro atoms. The Labute approximate surface area is 115 Å². The van der Waals surface area contributed by atoms with Crippen molar-refractivity contribution in [2.45, 2.75) is 11.5 Å². The largest absolute Gasteiger partial charge is 0.390 e. The summed E-state index contributed by atoms with van der Waals surface area (Å²) in [5, 5.41) is 9.09. The van der Waals surface area contributed by atoms with Crippen LogP contribution in [0.25, 0.3) is 0 Å². The monoisotopic (exact) mass is 298 g/mol. The fourth-order valence-corrected chi connectivity index (χ4v) is 3.00. The Morgan fingerprint density at radius 3 is 2.58 bits per heavy atom. The van der Waals surface area contributed by atoms with Gasteiger partial charge in [0.05, 0.1) is 17.3 Å². The minimum atomic E-state index is -3.80. The molecule has 0 saturated carbocycles. The van der Waals surface area contributed by atoms with Gasteiger partial charge in [-0.3, -0.25) is 4.72 Å². The van der Waals surface area contributed by atoms with Gasteiger partial charge in [0.2, 0.25) is 0 Å². The van der Waals surface area contributed by atoms with Crippen molar-refractivity contribution in [3.63, 3.8) is 0 Å². The van der Waals surface area contributed by atoms with Crippen LogP contribution in [0.15, 0.2) is 47.4 Å². The second-order valence-electron chi connectivity index (χ2n) is 3.71. The van der Waals surface area contributed by atoms with Crippen molar-refractivity contribution in [1.29, 1.82) is 0 Å². The van der Waals surface area contributed by atoms with E-state index in [1.54, 1.807) is 24.3 Å². The van der Waals surface area contributed by atoms with E-state index in [4.69, 9.17) is 16.7 Å². The van der Waals surface area contributed by atoms with Crippen molar-refractivity contribution < 1.29 is 13.5 Å². The summed E-state index contributed by atoms with van der Waals surface area (Å²) in [4.78, 5) is 3.93. The van der Waals surface area contributed by atoms with Crippen molar-refractivity contribution in [3.8, 4) is 0 Å². The zero-order valence-electron chi connectivity index (χ0n) is 9.75. The van der Waals surface area contributed by atoms with E-state index in [1.807, 2.05) is 0 Å². The molecule has 2 rings (SSSR count). The first-order chi connectivity index (χ1) is 9.03. The molecule has 7 heteroatoms. The lowest BCUT2D eigenvalue weighted by Crippen LogP contribution is -2.14. The maximum Gasteiger partial charge on any atom is 0.264 e. The Balaban J connectivity index is 2.34. The number of pyridine rings is 1. The second kappa shape index (κ2) is 5.56. The molecule has 2 aromatic rings. The molecule has 0 atom stereocenters. The summed E-state index contributed by atoms with van der Waals surface area (Å²) in [6.07, 6.45) is 0. The SMILES string of the molecule is O=S(=O)(Nc1cccc(CO)n1)c1ccccc1Cl. The van der Waals surface area contributed by atoms with E-state index in [0.717, 1.165) is 0 Å². The van der Waals surface area contributed by atoms with Gasteiger partial charge < -0.3 is 5.11 Å². The molecule has 1 aromatic carbocycles. The summed E-state index contributed by atoms with van der Waals surface area (Å²) in [5.74, 6) is 0.131. The number of aliphatic hydroxyl groups is 1. The highest BCUT2D eigenvalue weighted by atomic mass is 35.5. The Kier molecular flexibility index (Phi) is 4.04. The van der Waals surface area contributed by atoms with Crippen LogP contribution in [0.2, 0.25) is 5.02 Å². The van der Waals surface area contributed by atoms with Gasteiger partial charge in [-0.05, 0) is 24.3 Å². The van der Waals surface area contributed by atoms with Gasteiger partial charge in [-0.1, -0.05) is 29.8 Å². The van der Waals surface area contributed by atoms with Crippen molar-refractivity contribution >= 4 is 27.4 Å². The predicted molar refractivity (Wildman–Crippen MR) is 72.4 cm³/mol. The molecule has 0 bridgehead atoms. The van der Waals surface area contributed by atoms with Gasteiger partial charge in [0, 0.05) is 0 Å². The summed E-state index contributed by atoms with van der Waals surface area (Å²) in [6.45, 7) is -0.262. The number of benzene rings is 1. The van der Waals surface area contributed by atoms with Gasteiger partial charge >= 0.3 is 0 Å². The number of nitrogens with zero attached hydrogens (tertiary/aromatic N) is 1. The van der Waals surface area contributed by atoms with Crippen LogP contribution in [-0.4, -0.2) is 18.5 Å². The molecule has 0 radical (unpaired) electrons. The Bertz CT molecular complexity index is 689. The third-order valence-corrected chi connectivity index (χ3v) is 4.19. The zero-order chi connectivity index (χ0) is 13.9. The van der Waals surface area contributed by atoms with Crippen LogP contribution >= 0.6 is 11.6 Å². The molecule has 1 aromatic heterocycles. The quantitative estimate of drug-likeness (QED) is 0.905. The van der Waals surface area contributed by atoms with E-state index in [-0.39, 0.29) is 22.3 Å². The van der Waals surface area contributed by atoms with E-state index in [2.05, 4.69) is 9.71 Å². The van der Waals surface area contributed by atoms with Gasteiger partial charge in [0.25, 0.3) is 10.0 Å². The summed E-state index contributed by atoms with van der Waals surface area (Å²) in [6, 6.07) is 10.8. The van der Waals surface area contributed by atoms with Crippen molar-refractivity contribution in [2.24, 2.45) is 0 Å². The van der Waals surface area contributed by atoms with Crippen molar-refractivity contribution in [3.05, 3.63) is 53.2 Å².